The fraction of sp³-hybridized carbons (Fsp3) is 0.118. The Morgan fingerprint density at radius 1 is 1.10 bits per heavy atom. The fourth-order valence-electron chi connectivity index (χ4n) is 2.04. The maximum absolute atomic E-state index is 12.2. The van der Waals surface area contributed by atoms with Crippen molar-refractivity contribution >= 4 is 10.8 Å². The van der Waals surface area contributed by atoms with Gasteiger partial charge in [0.25, 0.3) is 5.56 Å². The molecule has 3 aromatic rings. The Morgan fingerprint density at radius 3 is 2.81 bits per heavy atom. The van der Waals surface area contributed by atoms with E-state index >= 15 is 0 Å². The average molecular weight is 275 g/mol. The summed E-state index contributed by atoms with van der Waals surface area (Å²) in [6.07, 6.45) is 3.98. The van der Waals surface area contributed by atoms with Gasteiger partial charge in [-0.05, 0) is 24.1 Å². The molecule has 0 amide bonds. The minimum atomic E-state index is -0.0762. The first kappa shape index (κ1) is 13.1. The number of pyridine rings is 1. The van der Waals surface area contributed by atoms with Crippen molar-refractivity contribution in [1.82, 2.24) is 14.8 Å². The van der Waals surface area contributed by atoms with Crippen LogP contribution in [-0.2, 0) is 6.54 Å². The van der Waals surface area contributed by atoms with Gasteiger partial charge in [0, 0.05) is 18.0 Å². The van der Waals surface area contributed by atoms with E-state index < -0.39 is 0 Å². The van der Waals surface area contributed by atoms with E-state index in [0.29, 0.717) is 18.4 Å². The van der Waals surface area contributed by atoms with E-state index in [-0.39, 0.29) is 5.56 Å². The van der Waals surface area contributed by atoms with E-state index in [1.54, 1.807) is 12.4 Å². The summed E-state index contributed by atoms with van der Waals surface area (Å²) in [5, 5.41) is 5.72. The number of hydrogen-bond acceptors (Lipinski definition) is 3. The third kappa shape index (κ3) is 2.98. The van der Waals surface area contributed by atoms with E-state index in [9.17, 15) is 4.79 Å². The zero-order chi connectivity index (χ0) is 14.5. The summed E-state index contributed by atoms with van der Waals surface area (Å²) in [6, 6.07) is 13.1. The number of hydrogen-bond donors (Lipinski definition) is 0. The Balaban J connectivity index is 1.76. The Labute approximate surface area is 122 Å². The average Bonchev–Trinajstić information content (AvgIpc) is 2.55. The third-order valence-corrected chi connectivity index (χ3v) is 3.09. The molecule has 0 N–H and O–H groups in total. The molecule has 0 aliphatic rings. The van der Waals surface area contributed by atoms with Crippen molar-refractivity contribution in [2.45, 2.75) is 13.0 Å². The molecule has 102 valence electrons. The SMILES string of the molecule is O=c1c2ccccc2cnn1CCC#Cc1ccccn1. The van der Waals surface area contributed by atoms with E-state index in [4.69, 9.17) is 0 Å². The molecule has 0 aliphatic carbocycles. The lowest BCUT2D eigenvalue weighted by atomic mass is 10.2. The summed E-state index contributed by atoms with van der Waals surface area (Å²) in [7, 11) is 0. The molecule has 0 bridgehead atoms. The molecule has 1 aromatic carbocycles. The standard InChI is InChI=1S/C17H13N3O/c21-17-16-10-2-1-7-14(16)13-19-20(17)12-6-4-9-15-8-3-5-11-18-15/h1-3,5,7-8,10-11,13H,6,12H2. The van der Waals surface area contributed by atoms with Gasteiger partial charge in [-0.3, -0.25) is 4.79 Å². The van der Waals surface area contributed by atoms with Gasteiger partial charge in [0.1, 0.15) is 5.69 Å². The van der Waals surface area contributed by atoms with E-state index in [2.05, 4.69) is 21.9 Å². The van der Waals surface area contributed by atoms with Gasteiger partial charge in [-0.15, -0.1) is 0 Å². The van der Waals surface area contributed by atoms with Gasteiger partial charge in [0.15, 0.2) is 0 Å². The molecular weight excluding hydrogens is 262 g/mol. The normalized spacial score (nSPS) is 10.1. The molecule has 0 radical (unpaired) electrons. The maximum atomic E-state index is 12.2. The second kappa shape index (κ2) is 6.02. The van der Waals surface area contributed by atoms with Crippen molar-refractivity contribution in [2.75, 3.05) is 0 Å². The van der Waals surface area contributed by atoms with Crippen molar-refractivity contribution in [2.24, 2.45) is 0 Å². The first-order chi connectivity index (χ1) is 10.3. The molecular formula is C17H13N3O. The molecule has 0 atom stereocenters. The van der Waals surface area contributed by atoms with E-state index in [1.165, 1.54) is 4.68 Å². The Morgan fingerprint density at radius 2 is 1.95 bits per heavy atom. The minimum absolute atomic E-state index is 0.0762. The highest BCUT2D eigenvalue weighted by Gasteiger charge is 2.01. The highest BCUT2D eigenvalue weighted by molar-refractivity contribution is 5.80. The van der Waals surface area contributed by atoms with Gasteiger partial charge in [-0.1, -0.05) is 30.2 Å². The van der Waals surface area contributed by atoms with Gasteiger partial charge in [0.05, 0.1) is 18.1 Å². The monoisotopic (exact) mass is 275 g/mol. The van der Waals surface area contributed by atoms with Crippen LogP contribution in [0.5, 0.6) is 0 Å². The van der Waals surface area contributed by atoms with Crippen LogP contribution >= 0.6 is 0 Å². The first-order valence-corrected chi connectivity index (χ1v) is 6.69. The van der Waals surface area contributed by atoms with Gasteiger partial charge in [-0.25, -0.2) is 9.67 Å². The second-order valence-corrected chi connectivity index (χ2v) is 4.53. The lowest BCUT2D eigenvalue weighted by Gasteiger charge is -2.03. The quantitative estimate of drug-likeness (QED) is 0.674. The first-order valence-electron chi connectivity index (χ1n) is 6.69. The van der Waals surface area contributed by atoms with E-state index in [1.807, 2.05) is 42.5 Å². The molecule has 3 rings (SSSR count). The van der Waals surface area contributed by atoms with Crippen LogP contribution in [0.1, 0.15) is 12.1 Å². The van der Waals surface area contributed by atoms with Crippen molar-refractivity contribution in [3.8, 4) is 11.8 Å². The summed E-state index contributed by atoms with van der Waals surface area (Å²) in [5.74, 6) is 5.98. The second-order valence-electron chi connectivity index (χ2n) is 4.53. The predicted molar refractivity (Wildman–Crippen MR) is 81.7 cm³/mol. The molecule has 0 aliphatic heterocycles. The third-order valence-electron chi connectivity index (χ3n) is 3.09. The summed E-state index contributed by atoms with van der Waals surface area (Å²) in [4.78, 5) is 16.4. The van der Waals surface area contributed by atoms with Crippen LogP contribution in [0.2, 0.25) is 0 Å². The van der Waals surface area contributed by atoms with E-state index in [0.717, 1.165) is 11.1 Å². The Kier molecular flexibility index (Phi) is 3.74. The van der Waals surface area contributed by atoms with Crippen LogP contribution in [0.4, 0.5) is 0 Å². The number of aryl methyl sites for hydroxylation is 1. The van der Waals surface area contributed by atoms with Gasteiger partial charge < -0.3 is 0 Å². The van der Waals surface area contributed by atoms with Crippen LogP contribution in [0, 0.1) is 11.8 Å². The van der Waals surface area contributed by atoms with Crippen molar-refractivity contribution < 1.29 is 0 Å². The highest BCUT2D eigenvalue weighted by atomic mass is 16.1. The summed E-state index contributed by atoms with van der Waals surface area (Å²) in [6.45, 7) is 0.476. The molecule has 4 heteroatoms. The molecule has 21 heavy (non-hydrogen) atoms. The van der Waals surface area contributed by atoms with Crippen molar-refractivity contribution in [3.05, 3.63) is 70.9 Å². The molecule has 0 fully saturated rings. The molecule has 2 aromatic heterocycles. The predicted octanol–water partition coefficient (Wildman–Crippen LogP) is 2.23. The minimum Gasteiger partial charge on any atom is -0.267 e. The summed E-state index contributed by atoms with van der Waals surface area (Å²) in [5.41, 5.74) is 0.657. The largest absolute Gasteiger partial charge is 0.274 e. The van der Waals surface area contributed by atoms with Crippen LogP contribution < -0.4 is 5.56 Å². The number of nitrogens with zero attached hydrogens (tertiary/aromatic N) is 3. The van der Waals surface area contributed by atoms with Crippen LogP contribution in [-0.4, -0.2) is 14.8 Å². The molecule has 0 saturated carbocycles. The smallest absolute Gasteiger partial charge is 0.267 e. The maximum Gasteiger partial charge on any atom is 0.274 e. The number of aromatic nitrogens is 3. The number of rotatable bonds is 2. The van der Waals surface area contributed by atoms with Crippen molar-refractivity contribution in [1.29, 1.82) is 0 Å². The van der Waals surface area contributed by atoms with Gasteiger partial charge >= 0.3 is 0 Å². The van der Waals surface area contributed by atoms with Crippen LogP contribution in [0.25, 0.3) is 10.8 Å². The topological polar surface area (TPSA) is 47.8 Å². The molecule has 0 spiro atoms. The molecule has 0 unspecified atom stereocenters. The van der Waals surface area contributed by atoms with Gasteiger partial charge in [0.2, 0.25) is 0 Å². The molecule has 2 heterocycles. The van der Waals surface area contributed by atoms with Crippen molar-refractivity contribution in [3.63, 3.8) is 0 Å². The summed E-state index contributed by atoms with van der Waals surface area (Å²) < 4.78 is 1.45. The number of benzene rings is 1. The fourth-order valence-corrected chi connectivity index (χ4v) is 2.04. The number of fused-ring (bicyclic) bond motifs is 1. The zero-order valence-corrected chi connectivity index (χ0v) is 11.4. The summed E-state index contributed by atoms with van der Waals surface area (Å²) >= 11 is 0. The molecule has 4 nitrogen and oxygen atoms in total. The van der Waals surface area contributed by atoms with Crippen LogP contribution in [0.15, 0.2) is 59.7 Å². The molecule has 0 saturated heterocycles. The zero-order valence-electron chi connectivity index (χ0n) is 11.4. The van der Waals surface area contributed by atoms with Gasteiger partial charge in [-0.2, -0.15) is 5.10 Å². The lowest BCUT2D eigenvalue weighted by molar-refractivity contribution is 0.597. The van der Waals surface area contributed by atoms with Crippen LogP contribution in [0.3, 0.4) is 0 Å². The lowest BCUT2D eigenvalue weighted by Crippen LogP contribution is -2.22. The Hall–Kier alpha value is -2.93. The highest BCUT2D eigenvalue weighted by Crippen LogP contribution is 2.06. The Bertz CT molecular complexity index is 873.